The fourth-order valence-corrected chi connectivity index (χ4v) is 3.48. The van der Waals surface area contributed by atoms with Gasteiger partial charge in [-0.25, -0.2) is 9.79 Å². The molecule has 0 bridgehead atoms. The highest BCUT2D eigenvalue weighted by Gasteiger charge is 2.17. The van der Waals surface area contributed by atoms with Crippen LogP contribution < -0.4 is 9.47 Å². The van der Waals surface area contributed by atoms with E-state index in [9.17, 15) is 14.7 Å². The monoisotopic (exact) mass is 511 g/mol. The lowest BCUT2D eigenvalue weighted by molar-refractivity contribution is -0.130. The van der Waals surface area contributed by atoms with Crippen molar-refractivity contribution in [2.75, 3.05) is 34.1 Å². The summed E-state index contributed by atoms with van der Waals surface area (Å²) in [7, 11) is 4.74. The molecule has 0 atom stereocenters. The third kappa shape index (κ3) is 6.69. The summed E-state index contributed by atoms with van der Waals surface area (Å²) in [5.41, 5.74) is 2.16. The predicted molar refractivity (Wildman–Crippen MR) is 137 cm³/mol. The largest absolute Gasteiger partial charge is 0.493 e. The van der Waals surface area contributed by atoms with Crippen LogP contribution in [0.1, 0.15) is 11.5 Å². The summed E-state index contributed by atoms with van der Waals surface area (Å²) >= 11 is 1.14. The summed E-state index contributed by atoms with van der Waals surface area (Å²) in [5.74, 6) is 1.41. The van der Waals surface area contributed by atoms with Gasteiger partial charge in [0.2, 0.25) is 11.7 Å². The number of likely N-dealkylation sites (N-methyl/N-ethyl adjacent to an activating group) is 1. The molecule has 12 heteroatoms. The van der Waals surface area contributed by atoms with E-state index < -0.39 is 6.09 Å². The molecule has 2 aromatic carbocycles. The smallest absolute Gasteiger partial charge is 0.432 e. The zero-order chi connectivity index (χ0) is 26.2. The van der Waals surface area contributed by atoms with Crippen LogP contribution in [0, 0.1) is 6.92 Å². The van der Waals surface area contributed by atoms with Gasteiger partial charge >= 0.3 is 6.09 Å². The van der Waals surface area contributed by atoms with Crippen LogP contribution in [0.4, 0.5) is 10.5 Å². The van der Waals surface area contributed by atoms with E-state index >= 15 is 0 Å². The van der Waals surface area contributed by atoms with E-state index in [4.69, 9.17) is 14.0 Å². The minimum atomic E-state index is -1.34. The van der Waals surface area contributed by atoms with Crippen LogP contribution in [-0.4, -0.2) is 77.0 Å². The average Bonchev–Trinajstić information content (AvgIpc) is 3.30. The summed E-state index contributed by atoms with van der Waals surface area (Å²) in [6.07, 6.45) is 0.365. The maximum absolute atomic E-state index is 11.9. The SMILES string of the molecule is COc1cc(C(=Nc2ccc(-c3noc(C)n3)cc2)C(=NC(=O)O)SC)ccc1OCC(=O)N(C)C. The van der Waals surface area contributed by atoms with Gasteiger partial charge in [-0.05, 0) is 48.7 Å². The number of aliphatic imine (C=N–C) groups is 2. The molecule has 0 aliphatic carbocycles. The molecule has 1 heterocycles. The summed E-state index contributed by atoms with van der Waals surface area (Å²) in [6, 6.07) is 12.1. The van der Waals surface area contributed by atoms with Crippen molar-refractivity contribution >= 4 is 40.2 Å². The van der Waals surface area contributed by atoms with Gasteiger partial charge in [-0.1, -0.05) is 5.16 Å². The molecule has 11 nitrogen and oxygen atoms in total. The van der Waals surface area contributed by atoms with E-state index in [-0.39, 0.29) is 17.6 Å². The fourth-order valence-electron chi connectivity index (χ4n) is 2.95. The lowest BCUT2D eigenvalue weighted by atomic mass is 10.1. The van der Waals surface area contributed by atoms with Gasteiger partial charge in [0.25, 0.3) is 5.91 Å². The van der Waals surface area contributed by atoms with Crippen LogP contribution >= 0.6 is 11.8 Å². The normalized spacial score (nSPS) is 11.8. The van der Waals surface area contributed by atoms with Crippen molar-refractivity contribution in [3.05, 3.63) is 53.9 Å². The highest BCUT2D eigenvalue weighted by atomic mass is 32.2. The third-order valence-corrected chi connectivity index (χ3v) is 5.45. The average molecular weight is 512 g/mol. The molecule has 0 radical (unpaired) electrons. The van der Waals surface area contributed by atoms with Crippen LogP contribution in [0.15, 0.2) is 57.0 Å². The summed E-state index contributed by atoms with van der Waals surface area (Å²) in [5, 5.41) is 13.4. The molecule has 0 fully saturated rings. The van der Waals surface area contributed by atoms with E-state index in [1.54, 1.807) is 69.7 Å². The first-order chi connectivity index (χ1) is 17.2. The number of benzene rings is 2. The maximum atomic E-state index is 11.9. The second-order valence-electron chi connectivity index (χ2n) is 7.49. The Kier molecular flexibility index (Phi) is 8.79. The second kappa shape index (κ2) is 12.0. The van der Waals surface area contributed by atoms with E-state index in [1.807, 2.05) is 0 Å². The van der Waals surface area contributed by atoms with Gasteiger partial charge in [0.05, 0.1) is 12.8 Å². The molecule has 188 valence electrons. The molecular weight excluding hydrogens is 486 g/mol. The van der Waals surface area contributed by atoms with Crippen molar-refractivity contribution in [1.82, 2.24) is 15.0 Å². The number of carbonyl (C=O) groups excluding carboxylic acids is 1. The molecule has 0 aliphatic rings. The first-order valence-electron chi connectivity index (χ1n) is 10.6. The van der Waals surface area contributed by atoms with E-state index in [1.165, 1.54) is 12.0 Å². The van der Waals surface area contributed by atoms with Gasteiger partial charge < -0.3 is 24.0 Å². The Balaban J connectivity index is 2.01. The van der Waals surface area contributed by atoms with Gasteiger partial charge in [0, 0.05) is 32.1 Å². The van der Waals surface area contributed by atoms with Crippen molar-refractivity contribution in [2.45, 2.75) is 6.92 Å². The first-order valence-corrected chi connectivity index (χ1v) is 11.8. The number of carbonyl (C=O) groups is 2. The topological polar surface area (TPSA) is 140 Å². The lowest BCUT2D eigenvalue weighted by Crippen LogP contribution is -2.27. The Labute approximate surface area is 211 Å². The van der Waals surface area contributed by atoms with Crippen molar-refractivity contribution in [3.8, 4) is 22.9 Å². The molecule has 0 saturated heterocycles. The Bertz CT molecular complexity index is 1300. The van der Waals surface area contributed by atoms with Crippen molar-refractivity contribution in [3.63, 3.8) is 0 Å². The first kappa shape index (κ1) is 26.4. The third-order valence-electron chi connectivity index (χ3n) is 4.77. The van der Waals surface area contributed by atoms with Crippen LogP contribution in [0.3, 0.4) is 0 Å². The van der Waals surface area contributed by atoms with Gasteiger partial charge in [-0.3, -0.25) is 4.79 Å². The highest BCUT2D eigenvalue weighted by Crippen LogP contribution is 2.30. The maximum Gasteiger partial charge on any atom is 0.432 e. The van der Waals surface area contributed by atoms with Crippen LogP contribution in [-0.2, 0) is 4.79 Å². The van der Waals surface area contributed by atoms with E-state index in [0.29, 0.717) is 40.2 Å². The van der Waals surface area contributed by atoms with Crippen molar-refractivity contribution in [2.24, 2.45) is 9.98 Å². The van der Waals surface area contributed by atoms with E-state index in [2.05, 4.69) is 20.1 Å². The van der Waals surface area contributed by atoms with E-state index in [0.717, 1.165) is 17.3 Å². The number of hydrogen-bond acceptors (Lipinski definition) is 9. The zero-order valence-electron chi connectivity index (χ0n) is 20.4. The molecule has 3 rings (SSSR count). The molecule has 1 N–H and O–H groups in total. The quantitative estimate of drug-likeness (QED) is 0.350. The Hall–Kier alpha value is -4.19. The van der Waals surface area contributed by atoms with Crippen LogP contribution in [0.2, 0.25) is 0 Å². The fraction of sp³-hybridized carbons (Fsp3) is 0.250. The molecule has 0 aliphatic heterocycles. The molecule has 1 aromatic heterocycles. The minimum absolute atomic E-state index is 0.160. The molecule has 0 spiro atoms. The molecule has 0 saturated carbocycles. The number of ether oxygens (including phenoxy) is 2. The minimum Gasteiger partial charge on any atom is -0.493 e. The lowest BCUT2D eigenvalue weighted by Gasteiger charge is -2.15. The molecule has 2 amide bonds. The summed E-state index contributed by atoms with van der Waals surface area (Å²) < 4.78 is 16.1. The number of carboxylic acid groups (broad SMARTS) is 1. The number of hydrogen-bond donors (Lipinski definition) is 1. The van der Waals surface area contributed by atoms with Gasteiger partial charge in [-0.2, -0.15) is 9.98 Å². The standard InChI is InChI=1S/C24H25N5O6S/c1-14-25-22(28-35-14)15-6-9-17(10-7-15)26-21(23(36-5)27-24(31)32)16-8-11-18(19(12-16)33-4)34-13-20(30)29(2)3/h6-12H,13H2,1-5H3,(H,31,32). The number of nitrogens with zero attached hydrogens (tertiary/aromatic N) is 5. The van der Waals surface area contributed by atoms with Gasteiger partial charge in [0.1, 0.15) is 10.8 Å². The molecule has 36 heavy (non-hydrogen) atoms. The second-order valence-corrected chi connectivity index (χ2v) is 8.29. The van der Waals surface area contributed by atoms with Crippen molar-refractivity contribution < 1.29 is 28.7 Å². The Morgan fingerprint density at radius 3 is 2.42 bits per heavy atom. The number of amides is 2. The molecular formula is C24H25N5O6S. The number of rotatable bonds is 8. The van der Waals surface area contributed by atoms with Gasteiger partial charge in [0.15, 0.2) is 18.1 Å². The Morgan fingerprint density at radius 1 is 1.14 bits per heavy atom. The summed E-state index contributed by atoms with van der Waals surface area (Å²) in [4.78, 5) is 37.3. The number of methoxy groups -OCH3 is 1. The van der Waals surface area contributed by atoms with Gasteiger partial charge in [-0.15, -0.1) is 11.8 Å². The Morgan fingerprint density at radius 2 is 1.86 bits per heavy atom. The predicted octanol–water partition coefficient (Wildman–Crippen LogP) is 4.08. The van der Waals surface area contributed by atoms with Crippen LogP contribution in [0.5, 0.6) is 11.5 Å². The summed E-state index contributed by atoms with van der Waals surface area (Å²) in [6.45, 7) is 1.55. The molecule has 0 unspecified atom stereocenters. The zero-order valence-corrected chi connectivity index (χ0v) is 21.2. The molecule has 3 aromatic rings. The number of aryl methyl sites for hydroxylation is 1. The number of thioether (sulfide) groups is 1. The highest BCUT2D eigenvalue weighted by molar-refractivity contribution is 8.15. The van der Waals surface area contributed by atoms with Crippen LogP contribution in [0.25, 0.3) is 11.4 Å². The van der Waals surface area contributed by atoms with Crippen molar-refractivity contribution in [1.29, 1.82) is 0 Å². The number of aromatic nitrogens is 2.